The standard InChI is InChI=1S/C21H30N2O4/c1-3-4-9-20(25)23(10-11-24)17-12-16(21(22)26)13-18(14-17)27-19-8-6-5-7-15(19)2/h5-8,13,17-18,24H,3-4,9-12,14H2,1-2H3,(H2,22,26). The number of nitrogens with zero attached hydrogens (tertiary/aromatic N) is 1. The number of unbranched alkanes of at least 4 members (excludes halogenated alkanes) is 1. The molecular weight excluding hydrogens is 344 g/mol. The minimum absolute atomic E-state index is 0.00346. The Bertz CT molecular complexity index is 687. The Balaban J connectivity index is 2.21. The molecular formula is C21H30N2O4. The van der Waals surface area contributed by atoms with E-state index in [-0.39, 0.29) is 31.2 Å². The second-order valence-corrected chi connectivity index (χ2v) is 6.99. The van der Waals surface area contributed by atoms with Crippen molar-refractivity contribution in [1.82, 2.24) is 4.90 Å². The van der Waals surface area contributed by atoms with Crippen LogP contribution in [0.25, 0.3) is 0 Å². The molecule has 0 aromatic heterocycles. The average molecular weight is 374 g/mol. The van der Waals surface area contributed by atoms with Gasteiger partial charge in [-0.2, -0.15) is 0 Å². The third-order valence-corrected chi connectivity index (χ3v) is 4.88. The van der Waals surface area contributed by atoms with E-state index in [4.69, 9.17) is 10.5 Å². The third kappa shape index (κ3) is 5.82. The van der Waals surface area contributed by atoms with E-state index in [1.807, 2.05) is 38.1 Å². The Kier molecular flexibility index (Phi) is 7.85. The maximum Gasteiger partial charge on any atom is 0.244 e. The van der Waals surface area contributed by atoms with E-state index >= 15 is 0 Å². The Morgan fingerprint density at radius 1 is 1.33 bits per heavy atom. The lowest BCUT2D eigenvalue weighted by atomic mass is 9.90. The molecule has 2 atom stereocenters. The van der Waals surface area contributed by atoms with Crippen molar-refractivity contribution in [1.29, 1.82) is 0 Å². The van der Waals surface area contributed by atoms with Gasteiger partial charge in [0.05, 0.1) is 6.61 Å². The molecule has 0 aliphatic heterocycles. The summed E-state index contributed by atoms with van der Waals surface area (Å²) in [5, 5.41) is 9.42. The molecule has 6 heteroatoms. The second kappa shape index (κ2) is 10.1. The van der Waals surface area contributed by atoms with Crippen LogP contribution in [0.15, 0.2) is 35.9 Å². The van der Waals surface area contributed by atoms with Crippen LogP contribution in [0.4, 0.5) is 0 Å². The number of carbonyl (C=O) groups excluding carboxylic acids is 2. The first-order chi connectivity index (χ1) is 13.0. The van der Waals surface area contributed by atoms with Gasteiger partial charge in [-0.05, 0) is 37.5 Å². The molecule has 0 saturated heterocycles. The molecule has 1 aromatic rings. The van der Waals surface area contributed by atoms with Gasteiger partial charge in [0.25, 0.3) is 0 Å². The number of hydrogen-bond donors (Lipinski definition) is 2. The van der Waals surface area contributed by atoms with Crippen LogP contribution in [0.3, 0.4) is 0 Å². The van der Waals surface area contributed by atoms with Crippen LogP contribution in [-0.2, 0) is 9.59 Å². The predicted molar refractivity (Wildman–Crippen MR) is 104 cm³/mol. The summed E-state index contributed by atoms with van der Waals surface area (Å²) in [6.45, 7) is 4.12. The molecule has 1 aliphatic rings. The van der Waals surface area contributed by atoms with Crippen molar-refractivity contribution in [2.45, 2.75) is 58.1 Å². The molecule has 0 radical (unpaired) electrons. The highest BCUT2D eigenvalue weighted by Gasteiger charge is 2.32. The van der Waals surface area contributed by atoms with Gasteiger partial charge < -0.3 is 20.5 Å². The number of rotatable bonds is 9. The van der Waals surface area contributed by atoms with Crippen molar-refractivity contribution in [3.8, 4) is 5.75 Å². The number of benzene rings is 1. The van der Waals surface area contributed by atoms with Crippen LogP contribution in [0.2, 0.25) is 0 Å². The van der Waals surface area contributed by atoms with Gasteiger partial charge in [-0.15, -0.1) is 0 Å². The summed E-state index contributed by atoms with van der Waals surface area (Å²) in [7, 11) is 0. The van der Waals surface area contributed by atoms with Gasteiger partial charge in [0.2, 0.25) is 11.8 Å². The maximum atomic E-state index is 12.6. The highest BCUT2D eigenvalue weighted by molar-refractivity contribution is 5.92. The molecule has 1 aliphatic carbocycles. The average Bonchev–Trinajstić information content (AvgIpc) is 2.65. The number of para-hydroxylation sites is 1. The topological polar surface area (TPSA) is 92.9 Å². The molecule has 0 spiro atoms. The van der Waals surface area contributed by atoms with Crippen LogP contribution in [-0.4, -0.2) is 47.1 Å². The fourth-order valence-corrected chi connectivity index (χ4v) is 3.41. The van der Waals surface area contributed by atoms with E-state index in [9.17, 15) is 14.7 Å². The fourth-order valence-electron chi connectivity index (χ4n) is 3.41. The van der Waals surface area contributed by atoms with Gasteiger partial charge in [-0.1, -0.05) is 31.5 Å². The largest absolute Gasteiger partial charge is 0.486 e. The molecule has 2 amide bonds. The minimum atomic E-state index is -0.497. The monoisotopic (exact) mass is 374 g/mol. The molecule has 1 aromatic carbocycles. The lowest BCUT2D eigenvalue weighted by molar-refractivity contribution is -0.135. The molecule has 6 nitrogen and oxygen atoms in total. The molecule has 27 heavy (non-hydrogen) atoms. The van der Waals surface area contributed by atoms with Crippen LogP contribution < -0.4 is 10.5 Å². The van der Waals surface area contributed by atoms with Crippen molar-refractivity contribution >= 4 is 11.8 Å². The second-order valence-electron chi connectivity index (χ2n) is 6.99. The first-order valence-corrected chi connectivity index (χ1v) is 9.59. The van der Waals surface area contributed by atoms with E-state index in [2.05, 4.69) is 0 Å². The van der Waals surface area contributed by atoms with Crippen LogP contribution in [0, 0.1) is 6.92 Å². The molecule has 0 fully saturated rings. The number of ether oxygens (including phenoxy) is 1. The van der Waals surface area contributed by atoms with Gasteiger partial charge in [0.1, 0.15) is 11.9 Å². The number of carbonyl (C=O) groups is 2. The Hall–Kier alpha value is -2.34. The van der Waals surface area contributed by atoms with Crippen molar-refractivity contribution < 1.29 is 19.4 Å². The molecule has 3 N–H and O–H groups in total. The lowest BCUT2D eigenvalue weighted by Crippen LogP contribution is -2.46. The first kappa shape index (κ1) is 21.0. The smallest absolute Gasteiger partial charge is 0.244 e. The molecule has 0 bridgehead atoms. The van der Waals surface area contributed by atoms with Gasteiger partial charge >= 0.3 is 0 Å². The Labute approximate surface area is 161 Å². The highest BCUT2D eigenvalue weighted by atomic mass is 16.5. The van der Waals surface area contributed by atoms with Crippen molar-refractivity contribution in [2.75, 3.05) is 13.2 Å². The molecule has 0 saturated carbocycles. The van der Waals surface area contributed by atoms with Crippen LogP contribution >= 0.6 is 0 Å². The van der Waals surface area contributed by atoms with E-state index in [1.54, 1.807) is 11.0 Å². The zero-order valence-electron chi connectivity index (χ0n) is 16.2. The number of primary amides is 1. The summed E-state index contributed by atoms with van der Waals surface area (Å²) in [4.78, 5) is 26.1. The van der Waals surface area contributed by atoms with Gasteiger partial charge in [-0.25, -0.2) is 0 Å². The summed E-state index contributed by atoms with van der Waals surface area (Å²) < 4.78 is 6.10. The molecule has 2 unspecified atom stereocenters. The normalized spacial score (nSPS) is 19.3. The number of hydrogen-bond acceptors (Lipinski definition) is 4. The van der Waals surface area contributed by atoms with Crippen molar-refractivity contribution in [3.05, 3.63) is 41.5 Å². The number of aliphatic hydroxyl groups excluding tert-OH is 1. The quantitative estimate of drug-likeness (QED) is 0.694. The van der Waals surface area contributed by atoms with E-state index in [0.717, 1.165) is 24.2 Å². The number of aliphatic hydroxyl groups is 1. The van der Waals surface area contributed by atoms with Gasteiger partial charge in [-0.3, -0.25) is 9.59 Å². The zero-order chi connectivity index (χ0) is 19.8. The van der Waals surface area contributed by atoms with E-state index in [0.29, 0.717) is 24.8 Å². The molecule has 0 heterocycles. The minimum Gasteiger partial charge on any atom is -0.486 e. The Morgan fingerprint density at radius 3 is 2.70 bits per heavy atom. The molecule has 148 valence electrons. The van der Waals surface area contributed by atoms with Crippen molar-refractivity contribution in [2.24, 2.45) is 5.73 Å². The summed E-state index contributed by atoms with van der Waals surface area (Å²) in [5.74, 6) is 0.244. The predicted octanol–water partition coefficient (Wildman–Crippen LogP) is 2.33. The van der Waals surface area contributed by atoms with Crippen LogP contribution in [0.5, 0.6) is 5.75 Å². The van der Waals surface area contributed by atoms with E-state index < -0.39 is 5.91 Å². The van der Waals surface area contributed by atoms with Gasteiger partial charge in [0, 0.05) is 31.0 Å². The summed E-state index contributed by atoms with van der Waals surface area (Å²) in [6, 6.07) is 7.46. The Morgan fingerprint density at radius 2 is 2.07 bits per heavy atom. The van der Waals surface area contributed by atoms with Crippen LogP contribution in [0.1, 0.15) is 44.6 Å². The number of aryl methyl sites for hydroxylation is 1. The van der Waals surface area contributed by atoms with Crippen molar-refractivity contribution in [3.63, 3.8) is 0 Å². The highest BCUT2D eigenvalue weighted by Crippen LogP contribution is 2.28. The first-order valence-electron chi connectivity index (χ1n) is 9.59. The third-order valence-electron chi connectivity index (χ3n) is 4.88. The zero-order valence-corrected chi connectivity index (χ0v) is 16.2. The SMILES string of the molecule is CCCCC(=O)N(CCO)C1CC(C(N)=O)=CC(Oc2ccccc2C)C1. The lowest BCUT2D eigenvalue weighted by Gasteiger charge is -2.36. The fraction of sp³-hybridized carbons (Fsp3) is 0.524. The summed E-state index contributed by atoms with van der Waals surface area (Å²) >= 11 is 0. The number of nitrogens with two attached hydrogens (primary N) is 1. The number of amides is 2. The van der Waals surface area contributed by atoms with Gasteiger partial charge in [0.15, 0.2) is 0 Å². The molecule has 2 rings (SSSR count). The summed E-state index contributed by atoms with van der Waals surface area (Å²) in [5.41, 5.74) is 7.00. The van der Waals surface area contributed by atoms with E-state index in [1.165, 1.54) is 0 Å². The summed E-state index contributed by atoms with van der Waals surface area (Å²) in [6.07, 6.45) is 4.52. The maximum absolute atomic E-state index is 12.6.